The molecular formula is C20H28N5O2+. The van der Waals surface area contributed by atoms with E-state index in [1.54, 1.807) is 19.1 Å². The van der Waals surface area contributed by atoms with Gasteiger partial charge in [0, 0.05) is 17.9 Å². The van der Waals surface area contributed by atoms with Crippen molar-refractivity contribution in [3.63, 3.8) is 0 Å². The number of quaternary nitrogens is 1. The molecule has 1 N–H and O–H groups in total. The number of aromatic nitrogens is 4. The second-order valence-corrected chi connectivity index (χ2v) is 7.49. The summed E-state index contributed by atoms with van der Waals surface area (Å²) in [6.07, 6.45) is 3.38. The first-order chi connectivity index (χ1) is 13.1. The van der Waals surface area contributed by atoms with E-state index in [2.05, 4.69) is 28.4 Å². The maximum atomic E-state index is 5.47. The van der Waals surface area contributed by atoms with Crippen LogP contribution in [0.2, 0.25) is 0 Å². The SMILES string of the molecule is CCc1nc2cc(OC)c(OC)cc2c2nnc(C[NH+]3CCC(C)CC3)n12. The Kier molecular flexibility index (Phi) is 4.86. The second-order valence-electron chi connectivity index (χ2n) is 7.49. The van der Waals surface area contributed by atoms with Gasteiger partial charge in [-0.15, -0.1) is 10.2 Å². The Balaban J connectivity index is 1.82. The van der Waals surface area contributed by atoms with Gasteiger partial charge in [-0.2, -0.15) is 0 Å². The summed E-state index contributed by atoms with van der Waals surface area (Å²) in [4.78, 5) is 6.46. The number of hydrogen-bond donors (Lipinski definition) is 1. The van der Waals surface area contributed by atoms with Crippen LogP contribution in [0.15, 0.2) is 12.1 Å². The van der Waals surface area contributed by atoms with Gasteiger partial charge < -0.3 is 14.4 Å². The summed E-state index contributed by atoms with van der Waals surface area (Å²) < 4.78 is 13.0. The molecule has 1 saturated heterocycles. The molecule has 0 aliphatic carbocycles. The van der Waals surface area contributed by atoms with Gasteiger partial charge in [-0.3, -0.25) is 4.40 Å². The van der Waals surface area contributed by atoms with E-state index in [-0.39, 0.29) is 0 Å². The summed E-state index contributed by atoms with van der Waals surface area (Å²) >= 11 is 0. The standard InChI is InChI=1S/C20H27N5O2/c1-5-18-21-15-11-17(27-4)16(26-3)10-14(15)20-23-22-19(25(18)20)12-24-8-6-13(2)7-9-24/h10-11,13H,5-9,12H2,1-4H3/p+1. The lowest BCUT2D eigenvalue weighted by Crippen LogP contribution is -3.11. The van der Waals surface area contributed by atoms with Crippen LogP contribution >= 0.6 is 0 Å². The lowest BCUT2D eigenvalue weighted by molar-refractivity contribution is -0.920. The number of rotatable bonds is 5. The summed E-state index contributed by atoms with van der Waals surface area (Å²) in [5.74, 6) is 4.17. The number of nitrogens with zero attached hydrogens (tertiary/aromatic N) is 4. The minimum Gasteiger partial charge on any atom is -0.493 e. The summed E-state index contributed by atoms with van der Waals surface area (Å²) in [5, 5.41) is 10.0. The number of fused-ring (bicyclic) bond motifs is 3. The quantitative estimate of drug-likeness (QED) is 0.740. The lowest BCUT2D eigenvalue weighted by Gasteiger charge is -2.26. The molecule has 0 atom stereocenters. The molecule has 144 valence electrons. The average Bonchev–Trinajstić information content (AvgIpc) is 3.12. The van der Waals surface area contributed by atoms with Gasteiger partial charge in [-0.1, -0.05) is 13.8 Å². The fourth-order valence-corrected chi connectivity index (χ4v) is 4.01. The highest BCUT2D eigenvalue weighted by Gasteiger charge is 2.23. The topological polar surface area (TPSA) is 66.0 Å². The molecule has 3 aromatic rings. The largest absolute Gasteiger partial charge is 0.493 e. The number of nitrogens with one attached hydrogen (secondary N) is 1. The first kappa shape index (κ1) is 18.0. The van der Waals surface area contributed by atoms with Gasteiger partial charge in [0.1, 0.15) is 12.4 Å². The zero-order chi connectivity index (χ0) is 19.0. The van der Waals surface area contributed by atoms with E-state index in [4.69, 9.17) is 14.5 Å². The minimum absolute atomic E-state index is 0.676. The minimum atomic E-state index is 0.676. The number of methoxy groups -OCH3 is 2. The van der Waals surface area contributed by atoms with Gasteiger partial charge in [-0.25, -0.2) is 4.98 Å². The summed E-state index contributed by atoms with van der Waals surface area (Å²) in [6, 6.07) is 3.86. The third-order valence-electron chi connectivity index (χ3n) is 5.69. The normalized spacial score (nSPS) is 20.3. The van der Waals surface area contributed by atoms with Crippen LogP contribution in [0.4, 0.5) is 0 Å². The van der Waals surface area contributed by atoms with Gasteiger partial charge in [0.2, 0.25) is 0 Å². The van der Waals surface area contributed by atoms with Gasteiger partial charge in [0.05, 0.1) is 32.8 Å². The molecule has 2 aromatic heterocycles. The van der Waals surface area contributed by atoms with Crippen LogP contribution in [0.5, 0.6) is 11.5 Å². The van der Waals surface area contributed by atoms with Crippen LogP contribution in [-0.2, 0) is 13.0 Å². The molecule has 1 aliphatic rings. The predicted octanol–water partition coefficient (Wildman–Crippen LogP) is 1.67. The molecule has 0 amide bonds. The van der Waals surface area contributed by atoms with Crippen LogP contribution < -0.4 is 14.4 Å². The highest BCUT2D eigenvalue weighted by atomic mass is 16.5. The third kappa shape index (κ3) is 3.20. The van der Waals surface area contributed by atoms with Crippen molar-refractivity contribution in [2.24, 2.45) is 5.92 Å². The highest BCUT2D eigenvalue weighted by Crippen LogP contribution is 2.33. The summed E-state index contributed by atoms with van der Waals surface area (Å²) in [6.45, 7) is 7.75. The molecule has 7 nitrogen and oxygen atoms in total. The number of piperidine rings is 1. The molecule has 27 heavy (non-hydrogen) atoms. The van der Waals surface area contributed by atoms with Crippen molar-refractivity contribution in [1.29, 1.82) is 0 Å². The monoisotopic (exact) mass is 370 g/mol. The van der Waals surface area contributed by atoms with E-state index < -0.39 is 0 Å². The van der Waals surface area contributed by atoms with E-state index in [1.165, 1.54) is 25.9 Å². The Hall–Kier alpha value is -2.41. The van der Waals surface area contributed by atoms with Crippen molar-refractivity contribution in [2.45, 2.75) is 39.7 Å². The Morgan fingerprint density at radius 2 is 1.78 bits per heavy atom. The predicted molar refractivity (Wildman–Crippen MR) is 104 cm³/mol. The van der Waals surface area contributed by atoms with Gasteiger partial charge in [0.15, 0.2) is 23.0 Å². The average molecular weight is 370 g/mol. The number of hydrogen-bond acceptors (Lipinski definition) is 5. The number of benzene rings is 1. The van der Waals surface area contributed by atoms with E-state index in [0.29, 0.717) is 11.5 Å². The zero-order valence-electron chi connectivity index (χ0n) is 16.6. The van der Waals surface area contributed by atoms with Crippen molar-refractivity contribution in [3.8, 4) is 11.5 Å². The molecule has 3 heterocycles. The Morgan fingerprint density at radius 1 is 1.07 bits per heavy atom. The zero-order valence-corrected chi connectivity index (χ0v) is 16.6. The Morgan fingerprint density at radius 3 is 2.44 bits per heavy atom. The molecule has 1 aliphatic heterocycles. The maximum Gasteiger partial charge on any atom is 0.194 e. The molecule has 0 unspecified atom stereocenters. The van der Waals surface area contributed by atoms with Crippen LogP contribution in [0.25, 0.3) is 16.6 Å². The third-order valence-corrected chi connectivity index (χ3v) is 5.69. The first-order valence-electron chi connectivity index (χ1n) is 9.76. The van der Waals surface area contributed by atoms with Crippen molar-refractivity contribution >= 4 is 16.6 Å². The smallest absolute Gasteiger partial charge is 0.194 e. The molecule has 0 bridgehead atoms. The van der Waals surface area contributed by atoms with E-state index in [0.717, 1.165) is 47.1 Å². The first-order valence-corrected chi connectivity index (χ1v) is 9.76. The number of aryl methyl sites for hydroxylation is 1. The van der Waals surface area contributed by atoms with E-state index in [9.17, 15) is 0 Å². The van der Waals surface area contributed by atoms with Gasteiger partial charge in [-0.05, 0) is 24.8 Å². The summed E-state index contributed by atoms with van der Waals surface area (Å²) in [5.41, 5.74) is 1.70. The molecule has 0 saturated carbocycles. The van der Waals surface area contributed by atoms with Crippen LogP contribution in [0.1, 0.15) is 38.3 Å². The number of ether oxygens (including phenoxy) is 2. The second kappa shape index (κ2) is 7.31. The number of likely N-dealkylation sites (tertiary alicyclic amines) is 1. The Labute approximate surface area is 159 Å². The van der Waals surface area contributed by atoms with E-state index >= 15 is 0 Å². The highest BCUT2D eigenvalue weighted by molar-refractivity contribution is 5.93. The fraction of sp³-hybridized carbons (Fsp3) is 0.550. The Bertz CT molecular complexity index is 960. The van der Waals surface area contributed by atoms with Crippen molar-refractivity contribution in [1.82, 2.24) is 19.6 Å². The van der Waals surface area contributed by atoms with Crippen molar-refractivity contribution < 1.29 is 14.4 Å². The lowest BCUT2D eigenvalue weighted by atomic mass is 9.99. The fourth-order valence-electron chi connectivity index (χ4n) is 4.01. The molecule has 0 radical (unpaired) electrons. The van der Waals surface area contributed by atoms with Crippen molar-refractivity contribution in [2.75, 3.05) is 27.3 Å². The summed E-state index contributed by atoms with van der Waals surface area (Å²) in [7, 11) is 3.28. The van der Waals surface area contributed by atoms with Crippen molar-refractivity contribution in [3.05, 3.63) is 23.8 Å². The maximum absolute atomic E-state index is 5.47. The molecule has 7 heteroatoms. The van der Waals surface area contributed by atoms with Crippen LogP contribution in [0, 0.1) is 5.92 Å². The van der Waals surface area contributed by atoms with Crippen LogP contribution in [-0.4, -0.2) is 46.9 Å². The van der Waals surface area contributed by atoms with Gasteiger partial charge in [0.25, 0.3) is 0 Å². The van der Waals surface area contributed by atoms with Crippen LogP contribution in [0.3, 0.4) is 0 Å². The molecule has 0 spiro atoms. The van der Waals surface area contributed by atoms with Gasteiger partial charge >= 0.3 is 0 Å². The van der Waals surface area contributed by atoms with E-state index in [1.807, 2.05) is 12.1 Å². The molecule has 4 rings (SSSR count). The molecule has 1 aromatic carbocycles. The molecule has 1 fully saturated rings. The molecular weight excluding hydrogens is 342 g/mol.